The van der Waals surface area contributed by atoms with E-state index in [9.17, 15) is 4.79 Å². The Morgan fingerprint density at radius 3 is 2.58 bits per heavy atom. The van der Waals surface area contributed by atoms with Gasteiger partial charge >= 0.3 is 0 Å². The molecule has 0 aromatic rings. The van der Waals surface area contributed by atoms with Gasteiger partial charge in [0.1, 0.15) is 5.54 Å². The standard InChI is InChI=1S/C15H29N3O/c1-3-8-17-15(14(16)19,13-5-6-13)11-18-9-7-12(4-2)10-18/h12-13,17H,3-11H2,1-2H3,(H2,16,19). The van der Waals surface area contributed by atoms with Gasteiger partial charge in [0.15, 0.2) is 0 Å². The van der Waals surface area contributed by atoms with E-state index in [0.717, 1.165) is 51.4 Å². The molecule has 4 nitrogen and oxygen atoms in total. The first-order valence-corrected chi connectivity index (χ1v) is 7.89. The summed E-state index contributed by atoms with van der Waals surface area (Å²) in [5.74, 6) is 1.11. The van der Waals surface area contributed by atoms with Crippen LogP contribution in [-0.2, 0) is 4.79 Å². The third-order valence-electron chi connectivity index (χ3n) is 4.82. The third kappa shape index (κ3) is 3.29. The van der Waals surface area contributed by atoms with Gasteiger partial charge in [0.05, 0.1) is 0 Å². The van der Waals surface area contributed by atoms with Crippen molar-refractivity contribution in [2.75, 3.05) is 26.2 Å². The largest absolute Gasteiger partial charge is 0.368 e. The van der Waals surface area contributed by atoms with Crippen LogP contribution in [-0.4, -0.2) is 42.5 Å². The van der Waals surface area contributed by atoms with Crippen molar-refractivity contribution in [3.8, 4) is 0 Å². The number of nitrogens with one attached hydrogen (secondary N) is 1. The zero-order valence-corrected chi connectivity index (χ0v) is 12.5. The molecular weight excluding hydrogens is 238 g/mol. The summed E-state index contributed by atoms with van der Waals surface area (Å²) in [6.45, 7) is 8.33. The van der Waals surface area contributed by atoms with E-state index >= 15 is 0 Å². The summed E-state index contributed by atoms with van der Waals surface area (Å²) in [4.78, 5) is 14.5. The minimum absolute atomic E-state index is 0.150. The van der Waals surface area contributed by atoms with Crippen LogP contribution in [0.25, 0.3) is 0 Å². The van der Waals surface area contributed by atoms with E-state index in [4.69, 9.17) is 5.73 Å². The van der Waals surface area contributed by atoms with Crippen molar-refractivity contribution in [2.45, 2.75) is 51.5 Å². The first-order chi connectivity index (χ1) is 9.12. The number of carbonyl (C=O) groups is 1. The van der Waals surface area contributed by atoms with Gasteiger partial charge in [-0.05, 0) is 50.6 Å². The molecule has 2 aliphatic rings. The van der Waals surface area contributed by atoms with Gasteiger partial charge in [0.2, 0.25) is 5.91 Å². The Bertz CT molecular complexity index is 317. The van der Waals surface area contributed by atoms with Crippen molar-refractivity contribution in [1.29, 1.82) is 0 Å². The topological polar surface area (TPSA) is 58.4 Å². The molecule has 19 heavy (non-hydrogen) atoms. The minimum Gasteiger partial charge on any atom is -0.368 e. The van der Waals surface area contributed by atoms with E-state index in [1.165, 1.54) is 12.8 Å². The lowest BCUT2D eigenvalue weighted by molar-refractivity contribution is -0.126. The average Bonchev–Trinajstić information content (AvgIpc) is 3.15. The summed E-state index contributed by atoms with van der Waals surface area (Å²) in [5.41, 5.74) is 5.30. The second-order valence-corrected chi connectivity index (χ2v) is 6.33. The molecule has 4 heteroatoms. The smallest absolute Gasteiger partial charge is 0.239 e. The molecule has 2 unspecified atom stereocenters. The van der Waals surface area contributed by atoms with Crippen molar-refractivity contribution < 1.29 is 4.79 Å². The SMILES string of the molecule is CCCNC(CN1CCC(CC)C1)(C(N)=O)C1CC1. The third-order valence-corrected chi connectivity index (χ3v) is 4.82. The number of carbonyl (C=O) groups excluding carboxylic acids is 1. The highest BCUT2D eigenvalue weighted by Gasteiger charge is 2.50. The molecule has 0 bridgehead atoms. The van der Waals surface area contributed by atoms with Crippen molar-refractivity contribution in [1.82, 2.24) is 10.2 Å². The maximum Gasteiger partial charge on any atom is 0.239 e. The molecule has 1 aliphatic heterocycles. The molecule has 0 aromatic heterocycles. The molecule has 1 aliphatic carbocycles. The minimum atomic E-state index is -0.474. The van der Waals surface area contributed by atoms with E-state index in [1.54, 1.807) is 0 Å². The lowest BCUT2D eigenvalue weighted by Gasteiger charge is -2.36. The summed E-state index contributed by atoms with van der Waals surface area (Å²) in [6.07, 6.45) is 5.84. The van der Waals surface area contributed by atoms with Gasteiger partial charge in [-0.25, -0.2) is 0 Å². The Hall–Kier alpha value is -0.610. The van der Waals surface area contributed by atoms with Crippen LogP contribution in [0.3, 0.4) is 0 Å². The first-order valence-electron chi connectivity index (χ1n) is 7.89. The fourth-order valence-corrected chi connectivity index (χ4v) is 3.36. The molecule has 1 saturated heterocycles. The second kappa shape index (κ2) is 6.23. The maximum atomic E-state index is 12.1. The molecular formula is C15H29N3O. The van der Waals surface area contributed by atoms with Crippen LogP contribution in [0.5, 0.6) is 0 Å². The highest BCUT2D eigenvalue weighted by molar-refractivity contribution is 5.86. The average molecular weight is 267 g/mol. The van der Waals surface area contributed by atoms with E-state index in [1.807, 2.05) is 0 Å². The van der Waals surface area contributed by atoms with E-state index < -0.39 is 5.54 Å². The molecule has 0 radical (unpaired) electrons. The number of nitrogens with two attached hydrogens (primary N) is 1. The summed E-state index contributed by atoms with van der Waals surface area (Å²) < 4.78 is 0. The van der Waals surface area contributed by atoms with E-state index in [2.05, 4.69) is 24.1 Å². The molecule has 1 heterocycles. The Morgan fingerprint density at radius 1 is 1.37 bits per heavy atom. The number of rotatable bonds is 8. The second-order valence-electron chi connectivity index (χ2n) is 6.33. The van der Waals surface area contributed by atoms with E-state index in [0.29, 0.717) is 5.92 Å². The molecule has 110 valence electrons. The number of hydrogen-bond acceptors (Lipinski definition) is 3. The predicted molar refractivity (Wildman–Crippen MR) is 77.8 cm³/mol. The number of amides is 1. The van der Waals surface area contributed by atoms with Crippen LogP contribution in [0, 0.1) is 11.8 Å². The number of hydrogen-bond donors (Lipinski definition) is 2. The van der Waals surface area contributed by atoms with Crippen molar-refractivity contribution in [3.63, 3.8) is 0 Å². The van der Waals surface area contributed by atoms with Crippen LogP contribution in [0.15, 0.2) is 0 Å². The zero-order valence-electron chi connectivity index (χ0n) is 12.5. The molecule has 2 rings (SSSR count). The summed E-state index contributed by atoms with van der Waals surface area (Å²) in [7, 11) is 0. The van der Waals surface area contributed by atoms with Crippen LogP contribution >= 0.6 is 0 Å². The van der Waals surface area contributed by atoms with Crippen molar-refractivity contribution >= 4 is 5.91 Å². The van der Waals surface area contributed by atoms with Gasteiger partial charge in [-0.2, -0.15) is 0 Å². The highest BCUT2D eigenvalue weighted by Crippen LogP contribution is 2.40. The molecule has 2 fully saturated rings. The lowest BCUT2D eigenvalue weighted by Crippen LogP contribution is -2.63. The number of likely N-dealkylation sites (tertiary alicyclic amines) is 1. The van der Waals surface area contributed by atoms with Crippen molar-refractivity contribution in [2.24, 2.45) is 17.6 Å². The molecule has 0 spiro atoms. The Morgan fingerprint density at radius 2 is 2.11 bits per heavy atom. The monoisotopic (exact) mass is 267 g/mol. The van der Waals surface area contributed by atoms with Gasteiger partial charge in [-0.15, -0.1) is 0 Å². The van der Waals surface area contributed by atoms with Crippen LogP contribution in [0.1, 0.15) is 46.0 Å². The Kier molecular flexibility index (Phi) is 4.85. The maximum absolute atomic E-state index is 12.1. The first kappa shape index (κ1) is 14.8. The fourth-order valence-electron chi connectivity index (χ4n) is 3.36. The van der Waals surface area contributed by atoms with Crippen LogP contribution < -0.4 is 11.1 Å². The predicted octanol–water partition coefficient (Wildman–Crippen LogP) is 1.35. The highest BCUT2D eigenvalue weighted by atomic mass is 16.1. The summed E-state index contributed by atoms with van der Waals surface area (Å²) in [5, 5.41) is 3.49. The van der Waals surface area contributed by atoms with Crippen LogP contribution in [0.2, 0.25) is 0 Å². The van der Waals surface area contributed by atoms with Crippen molar-refractivity contribution in [3.05, 3.63) is 0 Å². The Labute approximate surface area is 117 Å². The number of nitrogens with zero attached hydrogens (tertiary/aromatic N) is 1. The zero-order chi connectivity index (χ0) is 13.9. The quantitative estimate of drug-likeness (QED) is 0.698. The lowest BCUT2D eigenvalue weighted by atomic mass is 9.91. The van der Waals surface area contributed by atoms with Gasteiger partial charge < -0.3 is 16.0 Å². The van der Waals surface area contributed by atoms with Gasteiger partial charge in [0, 0.05) is 13.1 Å². The summed E-state index contributed by atoms with van der Waals surface area (Å²) in [6, 6.07) is 0. The van der Waals surface area contributed by atoms with E-state index in [-0.39, 0.29) is 5.91 Å². The fraction of sp³-hybridized carbons (Fsp3) is 0.933. The molecule has 1 amide bonds. The number of primary amides is 1. The van der Waals surface area contributed by atoms with Crippen LogP contribution in [0.4, 0.5) is 0 Å². The van der Waals surface area contributed by atoms with Gasteiger partial charge in [-0.1, -0.05) is 20.3 Å². The normalized spacial score (nSPS) is 27.4. The summed E-state index contributed by atoms with van der Waals surface area (Å²) >= 11 is 0. The molecule has 3 N–H and O–H groups in total. The Balaban J connectivity index is 2.02. The molecule has 1 saturated carbocycles. The van der Waals surface area contributed by atoms with Gasteiger partial charge in [-0.3, -0.25) is 4.79 Å². The molecule has 2 atom stereocenters. The van der Waals surface area contributed by atoms with Gasteiger partial charge in [0.25, 0.3) is 0 Å². The molecule has 0 aromatic carbocycles.